The van der Waals surface area contributed by atoms with Crippen molar-refractivity contribution in [1.29, 1.82) is 0 Å². The molecule has 0 aromatic heterocycles. The number of rotatable bonds is 4. The normalized spacial score (nSPS) is 14.6. The van der Waals surface area contributed by atoms with Gasteiger partial charge in [-0.25, -0.2) is 10.5 Å². The Morgan fingerprint density at radius 2 is 2.45 bits per heavy atom. The minimum atomic E-state index is 0.0144. The summed E-state index contributed by atoms with van der Waals surface area (Å²) in [6, 6.07) is 0. The number of aliphatic imine (C=N–C) groups is 1. The van der Waals surface area contributed by atoms with Crippen LogP contribution in [0.4, 0.5) is 0 Å². The molecule has 4 N–H and O–H groups in total. The van der Waals surface area contributed by atoms with Crippen molar-refractivity contribution in [2.75, 3.05) is 13.7 Å². The summed E-state index contributed by atoms with van der Waals surface area (Å²) in [5.74, 6) is 0.0144. The molecule has 0 saturated carbocycles. The van der Waals surface area contributed by atoms with Crippen molar-refractivity contribution in [1.82, 2.24) is 5.48 Å². The molecule has 1 unspecified atom stereocenters. The van der Waals surface area contributed by atoms with Crippen molar-refractivity contribution in [2.24, 2.45) is 10.7 Å². The lowest BCUT2D eigenvalue weighted by Gasteiger charge is -2.09. The van der Waals surface area contributed by atoms with Crippen LogP contribution in [0.1, 0.15) is 13.3 Å². The Labute approximate surface area is 66.2 Å². The molecule has 0 fully saturated rings. The second-order valence-corrected chi connectivity index (χ2v) is 2.10. The predicted molar refractivity (Wildman–Crippen MR) is 42.5 cm³/mol. The van der Waals surface area contributed by atoms with Gasteiger partial charge in [-0.05, 0) is 6.42 Å². The van der Waals surface area contributed by atoms with E-state index in [9.17, 15) is 0 Å². The highest BCUT2D eigenvalue weighted by Gasteiger charge is 2.01. The molecule has 0 aliphatic heterocycles. The molecule has 0 radical (unpaired) electrons. The van der Waals surface area contributed by atoms with Crippen LogP contribution in [0, 0.1) is 0 Å². The number of nitrogens with zero attached hydrogens (tertiary/aromatic N) is 1. The summed E-state index contributed by atoms with van der Waals surface area (Å²) in [6.45, 7) is 2.46. The van der Waals surface area contributed by atoms with E-state index < -0.39 is 0 Å². The summed E-state index contributed by atoms with van der Waals surface area (Å²) in [7, 11) is 1.62. The first-order valence-electron chi connectivity index (χ1n) is 3.47. The van der Waals surface area contributed by atoms with Crippen molar-refractivity contribution in [3.63, 3.8) is 0 Å². The highest BCUT2D eigenvalue weighted by Crippen LogP contribution is 1.95. The fourth-order valence-electron chi connectivity index (χ4n) is 0.606. The molecule has 0 heterocycles. The van der Waals surface area contributed by atoms with Gasteiger partial charge in [-0.2, -0.15) is 0 Å². The summed E-state index contributed by atoms with van der Waals surface area (Å²) in [5.41, 5.74) is 6.90. The summed E-state index contributed by atoms with van der Waals surface area (Å²) < 4.78 is 5.02. The molecule has 5 heteroatoms. The summed E-state index contributed by atoms with van der Waals surface area (Å²) >= 11 is 0. The van der Waals surface area contributed by atoms with Crippen LogP contribution in [0.25, 0.3) is 0 Å². The second-order valence-electron chi connectivity index (χ2n) is 2.10. The fraction of sp³-hybridized carbons (Fsp3) is 0.833. The van der Waals surface area contributed by atoms with Crippen LogP contribution in [0.15, 0.2) is 4.99 Å². The summed E-state index contributed by atoms with van der Waals surface area (Å²) in [4.78, 5) is 3.79. The van der Waals surface area contributed by atoms with Crippen molar-refractivity contribution < 1.29 is 9.94 Å². The van der Waals surface area contributed by atoms with Crippen molar-refractivity contribution in [2.45, 2.75) is 19.4 Å². The van der Waals surface area contributed by atoms with Crippen molar-refractivity contribution in [3.05, 3.63) is 0 Å². The lowest BCUT2D eigenvalue weighted by Crippen LogP contribution is -2.29. The molecule has 0 spiro atoms. The molecule has 1 atom stereocenters. The molecular weight excluding hydrogens is 146 g/mol. The van der Waals surface area contributed by atoms with Gasteiger partial charge in [0, 0.05) is 7.11 Å². The first-order chi connectivity index (χ1) is 5.24. The number of hydrogen-bond donors (Lipinski definition) is 3. The maximum absolute atomic E-state index is 8.25. The van der Waals surface area contributed by atoms with Crippen molar-refractivity contribution in [3.8, 4) is 0 Å². The standard InChI is InChI=1S/C6H15N3O2/c1-3-5(11-2)4-8-6(7)9-10/h5,10H,3-4H2,1-2H3,(H3,7,8,9). The number of guanidine groups is 1. The summed E-state index contributed by atoms with van der Waals surface area (Å²) in [5, 5.41) is 8.25. The topological polar surface area (TPSA) is 79.9 Å². The van der Waals surface area contributed by atoms with Gasteiger partial charge in [-0.3, -0.25) is 5.21 Å². The molecule has 0 aromatic rings. The zero-order valence-electron chi connectivity index (χ0n) is 6.87. The summed E-state index contributed by atoms with van der Waals surface area (Å²) in [6.07, 6.45) is 0.945. The number of hydrogen-bond acceptors (Lipinski definition) is 3. The van der Waals surface area contributed by atoms with Gasteiger partial charge in [0.2, 0.25) is 5.96 Å². The van der Waals surface area contributed by atoms with Gasteiger partial charge in [0.1, 0.15) is 0 Å². The van der Waals surface area contributed by atoms with Crippen LogP contribution < -0.4 is 11.2 Å². The molecule has 66 valence electrons. The Morgan fingerprint density at radius 1 is 1.82 bits per heavy atom. The van der Waals surface area contributed by atoms with E-state index in [1.165, 1.54) is 0 Å². The lowest BCUT2D eigenvalue weighted by atomic mass is 10.3. The van der Waals surface area contributed by atoms with Gasteiger partial charge in [0.05, 0.1) is 12.6 Å². The molecule has 0 rings (SSSR count). The average molecular weight is 161 g/mol. The second kappa shape index (κ2) is 5.94. The van der Waals surface area contributed by atoms with E-state index >= 15 is 0 Å². The number of methoxy groups -OCH3 is 1. The first kappa shape index (κ1) is 10.2. The Morgan fingerprint density at radius 3 is 2.82 bits per heavy atom. The zero-order valence-corrected chi connectivity index (χ0v) is 6.87. The fourth-order valence-corrected chi connectivity index (χ4v) is 0.606. The third-order valence-corrected chi connectivity index (χ3v) is 1.37. The lowest BCUT2D eigenvalue weighted by molar-refractivity contribution is 0.106. The SMILES string of the molecule is CCC(CN=C(N)NO)OC. The van der Waals surface area contributed by atoms with Gasteiger partial charge in [0.15, 0.2) is 0 Å². The monoisotopic (exact) mass is 161 g/mol. The van der Waals surface area contributed by atoms with Gasteiger partial charge < -0.3 is 10.5 Å². The van der Waals surface area contributed by atoms with Crippen LogP contribution in [-0.2, 0) is 4.74 Å². The molecule has 5 nitrogen and oxygen atoms in total. The maximum atomic E-state index is 8.25. The van der Waals surface area contributed by atoms with E-state index in [4.69, 9.17) is 15.7 Å². The Bertz CT molecular complexity index is 123. The first-order valence-corrected chi connectivity index (χ1v) is 3.47. The van der Waals surface area contributed by atoms with E-state index in [1.54, 1.807) is 12.6 Å². The largest absolute Gasteiger partial charge is 0.380 e. The Balaban J connectivity index is 3.65. The van der Waals surface area contributed by atoms with Gasteiger partial charge in [0.25, 0.3) is 0 Å². The molecule has 11 heavy (non-hydrogen) atoms. The molecule has 0 aromatic carbocycles. The highest BCUT2D eigenvalue weighted by molar-refractivity contribution is 5.76. The highest BCUT2D eigenvalue weighted by atomic mass is 16.5. The minimum Gasteiger partial charge on any atom is -0.380 e. The van der Waals surface area contributed by atoms with Crippen LogP contribution in [0.2, 0.25) is 0 Å². The van der Waals surface area contributed by atoms with E-state index in [0.717, 1.165) is 6.42 Å². The van der Waals surface area contributed by atoms with Crippen LogP contribution >= 0.6 is 0 Å². The predicted octanol–water partition coefficient (Wildman–Crippen LogP) is -0.295. The third kappa shape index (κ3) is 4.58. The van der Waals surface area contributed by atoms with Gasteiger partial charge in [-0.1, -0.05) is 6.92 Å². The maximum Gasteiger partial charge on any atom is 0.212 e. The minimum absolute atomic E-state index is 0.0144. The Kier molecular flexibility index (Phi) is 5.50. The smallest absolute Gasteiger partial charge is 0.212 e. The molecule has 0 aliphatic rings. The molecule has 0 amide bonds. The Hall–Kier alpha value is -0.810. The number of ether oxygens (including phenoxy) is 1. The van der Waals surface area contributed by atoms with E-state index in [1.807, 2.05) is 6.92 Å². The average Bonchev–Trinajstić information content (AvgIpc) is 2.06. The molecule has 0 aliphatic carbocycles. The quantitative estimate of drug-likeness (QED) is 0.300. The van der Waals surface area contributed by atoms with Crippen LogP contribution in [0.5, 0.6) is 0 Å². The van der Waals surface area contributed by atoms with E-state index in [0.29, 0.717) is 6.54 Å². The zero-order chi connectivity index (χ0) is 8.69. The number of hydroxylamine groups is 1. The third-order valence-electron chi connectivity index (χ3n) is 1.37. The molecule has 0 saturated heterocycles. The van der Waals surface area contributed by atoms with E-state index in [-0.39, 0.29) is 12.1 Å². The van der Waals surface area contributed by atoms with Gasteiger partial charge >= 0.3 is 0 Å². The van der Waals surface area contributed by atoms with Gasteiger partial charge in [-0.15, -0.1) is 0 Å². The number of nitrogens with one attached hydrogen (secondary N) is 1. The molecular formula is C6H15N3O2. The van der Waals surface area contributed by atoms with Crippen molar-refractivity contribution >= 4 is 5.96 Å². The molecule has 0 bridgehead atoms. The van der Waals surface area contributed by atoms with Crippen LogP contribution in [0.3, 0.4) is 0 Å². The van der Waals surface area contributed by atoms with E-state index in [2.05, 4.69) is 4.99 Å². The van der Waals surface area contributed by atoms with Crippen LogP contribution in [-0.4, -0.2) is 30.9 Å². The number of nitrogens with two attached hydrogens (primary N) is 1.